The lowest BCUT2D eigenvalue weighted by Crippen LogP contribution is -2.16. The third-order valence-electron chi connectivity index (χ3n) is 2.99. The van der Waals surface area contributed by atoms with Crippen LogP contribution in [0.3, 0.4) is 0 Å². The Bertz CT molecular complexity index is 785. The van der Waals surface area contributed by atoms with E-state index in [2.05, 4.69) is 10.1 Å². The first-order chi connectivity index (χ1) is 8.68. The zero-order valence-electron chi connectivity index (χ0n) is 10.2. The summed E-state index contributed by atoms with van der Waals surface area (Å²) >= 11 is 0. The Kier molecular flexibility index (Phi) is 2.26. The Balaban J connectivity index is 2.36. The summed E-state index contributed by atoms with van der Waals surface area (Å²) in [5, 5.41) is 4.80. The topological polar surface area (TPSA) is 52.7 Å². The predicted molar refractivity (Wildman–Crippen MR) is 68.8 cm³/mol. The monoisotopic (exact) mass is 240 g/mol. The Morgan fingerprint density at radius 1 is 1.22 bits per heavy atom. The van der Waals surface area contributed by atoms with Crippen molar-refractivity contribution in [2.45, 2.75) is 6.92 Å². The average Bonchev–Trinajstić information content (AvgIpc) is 2.79. The molecule has 0 aliphatic rings. The fourth-order valence-corrected chi connectivity index (χ4v) is 1.98. The fraction of sp³-hybridized carbons (Fsp3) is 0.154. The van der Waals surface area contributed by atoms with E-state index in [4.69, 9.17) is 0 Å². The van der Waals surface area contributed by atoms with E-state index >= 15 is 0 Å². The SMILES string of the molecule is Cc1ccccc1-n1ncc2c(=O)n(C)cnc21. The Morgan fingerprint density at radius 2 is 2.00 bits per heavy atom. The average molecular weight is 240 g/mol. The minimum absolute atomic E-state index is 0.0835. The molecule has 1 aromatic carbocycles. The Hall–Kier alpha value is -2.43. The normalized spacial score (nSPS) is 11.0. The summed E-state index contributed by atoms with van der Waals surface area (Å²) in [6.45, 7) is 2.00. The highest BCUT2D eigenvalue weighted by molar-refractivity contribution is 5.75. The molecular formula is C13H12N4O. The molecule has 0 radical (unpaired) electrons. The molecule has 18 heavy (non-hydrogen) atoms. The summed E-state index contributed by atoms with van der Waals surface area (Å²) in [5.74, 6) is 0. The van der Waals surface area contributed by atoms with E-state index in [1.54, 1.807) is 17.9 Å². The number of hydrogen-bond donors (Lipinski definition) is 0. The van der Waals surface area contributed by atoms with Crippen molar-refractivity contribution in [1.82, 2.24) is 19.3 Å². The molecule has 0 bridgehead atoms. The number of benzene rings is 1. The second kappa shape index (κ2) is 3.80. The summed E-state index contributed by atoms with van der Waals surface area (Å²) < 4.78 is 3.15. The van der Waals surface area contributed by atoms with E-state index < -0.39 is 0 Å². The second-order valence-electron chi connectivity index (χ2n) is 4.24. The molecule has 3 aromatic rings. The molecular weight excluding hydrogens is 228 g/mol. The van der Waals surface area contributed by atoms with Crippen LogP contribution < -0.4 is 5.56 Å². The first-order valence-corrected chi connectivity index (χ1v) is 5.64. The van der Waals surface area contributed by atoms with E-state index in [1.807, 2.05) is 31.2 Å². The van der Waals surface area contributed by atoms with Gasteiger partial charge in [0.25, 0.3) is 5.56 Å². The molecule has 0 saturated carbocycles. The van der Waals surface area contributed by atoms with Gasteiger partial charge in [-0.05, 0) is 18.6 Å². The van der Waals surface area contributed by atoms with Gasteiger partial charge in [0.2, 0.25) is 0 Å². The summed E-state index contributed by atoms with van der Waals surface area (Å²) in [5.41, 5.74) is 2.53. The van der Waals surface area contributed by atoms with Crippen molar-refractivity contribution < 1.29 is 0 Å². The van der Waals surface area contributed by atoms with Crippen LogP contribution in [0.5, 0.6) is 0 Å². The lowest BCUT2D eigenvalue weighted by molar-refractivity contribution is 0.830. The molecule has 0 aliphatic heterocycles. The van der Waals surface area contributed by atoms with Gasteiger partial charge >= 0.3 is 0 Å². The molecule has 3 rings (SSSR count). The summed E-state index contributed by atoms with van der Waals surface area (Å²) in [7, 11) is 1.68. The molecule has 5 heteroatoms. The van der Waals surface area contributed by atoms with Crippen LogP contribution in [0.1, 0.15) is 5.56 Å². The lowest BCUT2D eigenvalue weighted by atomic mass is 10.2. The highest BCUT2D eigenvalue weighted by Crippen LogP contribution is 2.16. The maximum atomic E-state index is 11.9. The van der Waals surface area contributed by atoms with Gasteiger partial charge in [-0.2, -0.15) is 5.10 Å². The third kappa shape index (κ3) is 1.44. The van der Waals surface area contributed by atoms with Gasteiger partial charge in [0, 0.05) is 7.05 Å². The number of hydrogen-bond acceptors (Lipinski definition) is 3. The number of para-hydroxylation sites is 1. The van der Waals surface area contributed by atoms with Crippen molar-refractivity contribution in [3.63, 3.8) is 0 Å². The minimum Gasteiger partial charge on any atom is -0.302 e. The molecule has 0 spiro atoms. The highest BCUT2D eigenvalue weighted by Gasteiger charge is 2.11. The first kappa shape index (κ1) is 10.7. The molecule has 2 heterocycles. The third-order valence-corrected chi connectivity index (χ3v) is 2.99. The van der Waals surface area contributed by atoms with E-state index in [1.165, 1.54) is 10.9 Å². The van der Waals surface area contributed by atoms with Gasteiger partial charge in [-0.15, -0.1) is 0 Å². The van der Waals surface area contributed by atoms with Gasteiger partial charge < -0.3 is 4.57 Å². The van der Waals surface area contributed by atoms with Crippen LogP contribution in [-0.2, 0) is 7.05 Å². The summed E-state index contributed by atoms with van der Waals surface area (Å²) in [6.07, 6.45) is 3.08. The number of rotatable bonds is 1. The van der Waals surface area contributed by atoms with Crippen LogP contribution in [0.2, 0.25) is 0 Å². The zero-order valence-corrected chi connectivity index (χ0v) is 10.2. The van der Waals surface area contributed by atoms with E-state index in [9.17, 15) is 4.79 Å². The lowest BCUT2D eigenvalue weighted by Gasteiger charge is -2.06. The van der Waals surface area contributed by atoms with Gasteiger partial charge in [0.15, 0.2) is 5.65 Å². The molecule has 0 aliphatic carbocycles. The van der Waals surface area contributed by atoms with Crippen LogP contribution in [0.4, 0.5) is 0 Å². The summed E-state index contributed by atoms with van der Waals surface area (Å²) in [4.78, 5) is 16.2. The van der Waals surface area contributed by atoms with Crippen molar-refractivity contribution in [3.05, 3.63) is 52.7 Å². The molecule has 0 fully saturated rings. The largest absolute Gasteiger partial charge is 0.302 e. The molecule has 0 saturated heterocycles. The highest BCUT2D eigenvalue weighted by atomic mass is 16.1. The van der Waals surface area contributed by atoms with E-state index in [0.29, 0.717) is 11.0 Å². The van der Waals surface area contributed by atoms with E-state index in [0.717, 1.165) is 11.3 Å². The van der Waals surface area contributed by atoms with Crippen molar-refractivity contribution in [1.29, 1.82) is 0 Å². The standard InChI is InChI=1S/C13H12N4O/c1-9-5-3-4-6-11(9)17-12-10(7-15-17)13(18)16(2)8-14-12/h3-8H,1-2H3. The molecule has 0 N–H and O–H groups in total. The van der Waals surface area contributed by atoms with Gasteiger partial charge in [-0.3, -0.25) is 4.79 Å². The van der Waals surface area contributed by atoms with Gasteiger partial charge in [-0.25, -0.2) is 9.67 Å². The molecule has 0 amide bonds. The van der Waals surface area contributed by atoms with Gasteiger partial charge in [0.1, 0.15) is 5.39 Å². The maximum Gasteiger partial charge on any atom is 0.264 e. The van der Waals surface area contributed by atoms with Crippen LogP contribution in [-0.4, -0.2) is 19.3 Å². The van der Waals surface area contributed by atoms with Crippen LogP contribution in [0.25, 0.3) is 16.7 Å². The summed E-state index contributed by atoms with van der Waals surface area (Å²) in [6, 6.07) is 7.87. The number of fused-ring (bicyclic) bond motifs is 1. The van der Waals surface area contributed by atoms with Gasteiger partial charge in [0.05, 0.1) is 18.2 Å². The quantitative estimate of drug-likeness (QED) is 0.646. The Morgan fingerprint density at radius 3 is 2.78 bits per heavy atom. The molecule has 0 atom stereocenters. The predicted octanol–water partition coefficient (Wildman–Crippen LogP) is 1.43. The smallest absolute Gasteiger partial charge is 0.264 e. The van der Waals surface area contributed by atoms with Crippen LogP contribution >= 0.6 is 0 Å². The number of nitrogens with zero attached hydrogens (tertiary/aromatic N) is 4. The minimum atomic E-state index is -0.0835. The molecule has 2 aromatic heterocycles. The van der Waals surface area contributed by atoms with Gasteiger partial charge in [-0.1, -0.05) is 18.2 Å². The van der Waals surface area contributed by atoms with Crippen molar-refractivity contribution in [2.75, 3.05) is 0 Å². The second-order valence-corrected chi connectivity index (χ2v) is 4.24. The molecule has 0 unspecified atom stereocenters. The van der Waals surface area contributed by atoms with Crippen LogP contribution in [0, 0.1) is 6.92 Å². The zero-order chi connectivity index (χ0) is 12.7. The fourth-order valence-electron chi connectivity index (χ4n) is 1.98. The molecule has 90 valence electrons. The van der Waals surface area contributed by atoms with Crippen molar-refractivity contribution in [2.24, 2.45) is 7.05 Å². The first-order valence-electron chi connectivity index (χ1n) is 5.64. The Labute approximate surface area is 103 Å². The number of aryl methyl sites for hydroxylation is 2. The van der Waals surface area contributed by atoms with Crippen molar-refractivity contribution >= 4 is 11.0 Å². The van der Waals surface area contributed by atoms with Crippen LogP contribution in [0.15, 0.2) is 41.6 Å². The van der Waals surface area contributed by atoms with Crippen molar-refractivity contribution in [3.8, 4) is 5.69 Å². The number of aromatic nitrogens is 4. The molecule has 5 nitrogen and oxygen atoms in total. The van der Waals surface area contributed by atoms with E-state index in [-0.39, 0.29) is 5.56 Å². The maximum absolute atomic E-state index is 11.9.